The molecule has 1 aromatic heterocycles. The number of aromatic nitrogens is 1. The van der Waals surface area contributed by atoms with Gasteiger partial charge in [0.15, 0.2) is 0 Å². The summed E-state index contributed by atoms with van der Waals surface area (Å²) in [6, 6.07) is 5.88. The van der Waals surface area contributed by atoms with Crippen LogP contribution in [0.3, 0.4) is 0 Å². The molecule has 1 saturated carbocycles. The Balaban J connectivity index is 1.73. The number of anilines is 1. The summed E-state index contributed by atoms with van der Waals surface area (Å²) < 4.78 is 0. The van der Waals surface area contributed by atoms with E-state index in [1.165, 1.54) is 37.1 Å². The van der Waals surface area contributed by atoms with Crippen LogP contribution >= 0.6 is 0 Å². The van der Waals surface area contributed by atoms with Crippen LogP contribution in [-0.2, 0) is 6.54 Å². The minimum Gasteiger partial charge on any atom is -0.352 e. The molecule has 3 rings (SSSR count). The molecule has 1 aromatic rings. The molecule has 4 nitrogen and oxygen atoms in total. The van der Waals surface area contributed by atoms with E-state index in [1.54, 1.807) is 0 Å². The number of rotatable bonds is 6. The predicted molar refractivity (Wildman–Crippen MR) is 87.8 cm³/mol. The van der Waals surface area contributed by atoms with Crippen LogP contribution in [0.1, 0.15) is 36.9 Å². The summed E-state index contributed by atoms with van der Waals surface area (Å²) >= 11 is 0. The van der Waals surface area contributed by atoms with Crippen molar-refractivity contribution >= 4 is 5.82 Å². The summed E-state index contributed by atoms with van der Waals surface area (Å²) in [5, 5.41) is 3.61. The molecule has 2 fully saturated rings. The minimum atomic E-state index is 0.610. The van der Waals surface area contributed by atoms with E-state index in [1.807, 2.05) is 0 Å². The number of hydrogen-bond donors (Lipinski definition) is 1. The lowest BCUT2D eigenvalue weighted by molar-refractivity contribution is 0.371. The van der Waals surface area contributed by atoms with Gasteiger partial charge in [-0.1, -0.05) is 0 Å². The van der Waals surface area contributed by atoms with Gasteiger partial charge in [-0.15, -0.1) is 0 Å². The average Bonchev–Trinajstić information content (AvgIpc) is 3.14. The zero-order valence-electron chi connectivity index (χ0n) is 13.6. The van der Waals surface area contributed by atoms with Crippen molar-refractivity contribution in [3.05, 3.63) is 23.4 Å². The van der Waals surface area contributed by atoms with Crippen molar-refractivity contribution in [2.45, 2.75) is 51.2 Å². The van der Waals surface area contributed by atoms with E-state index in [0.29, 0.717) is 6.04 Å². The fraction of sp³-hybridized carbons (Fsp3) is 0.706. The second kappa shape index (κ2) is 6.32. The van der Waals surface area contributed by atoms with Crippen LogP contribution < -0.4 is 10.2 Å². The van der Waals surface area contributed by atoms with E-state index in [9.17, 15) is 0 Å². The third-order valence-electron chi connectivity index (χ3n) is 4.42. The minimum absolute atomic E-state index is 0.610. The summed E-state index contributed by atoms with van der Waals surface area (Å²) in [7, 11) is 4.32. The maximum absolute atomic E-state index is 4.80. The van der Waals surface area contributed by atoms with E-state index >= 15 is 0 Å². The number of hydrogen-bond acceptors (Lipinski definition) is 4. The van der Waals surface area contributed by atoms with Crippen molar-refractivity contribution in [1.82, 2.24) is 15.2 Å². The van der Waals surface area contributed by atoms with Gasteiger partial charge in [0.2, 0.25) is 0 Å². The molecule has 4 heteroatoms. The molecule has 0 bridgehead atoms. The molecule has 1 N–H and O–H groups in total. The highest BCUT2D eigenvalue weighted by Gasteiger charge is 2.26. The normalized spacial score (nSPS) is 22.3. The van der Waals surface area contributed by atoms with Crippen molar-refractivity contribution in [3.8, 4) is 0 Å². The van der Waals surface area contributed by atoms with Crippen molar-refractivity contribution in [2.75, 3.05) is 32.1 Å². The Hall–Kier alpha value is -1.13. The summed E-state index contributed by atoms with van der Waals surface area (Å²) in [5.74, 6) is 1.17. The van der Waals surface area contributed by atoms with Gasteiger partial charge in [-0.25, -0.2) is 4.98 Å². The maximum atomic E-state index is 4.80. The molecule has 0 spiro atoms. The monoisotopic (exact) mass is 288 g/mol. The van der Waals surface area contributed by atoms with Gasteiger partial charge in [0.05, 0.1) is 0 Å². The molecule has 2 heterocycles. The molecule has 116 valence electrons. The van der Waals surface area contributed by atoms with Gasteiger partial charge in [0.25, 0.3) is 0 Å². The Labute approximate surface area is 128 Å². The first-order valence-electron chi connectivity index (χ1n) is 8.24. The molecule has 21 heavy (non-hydrogen) atoms. The van der Waals surface area contributed by atoms with Crippen LogP contribution in [0.4, 0.5) is 5.82 Å². The van der Waals surface area contributed by atoms with Crippen molar-refractivity contribution in [2.24, 2.45) is 0 Å². The van der Waals surface area contributed by atoms with E-state index < -0.39 is 0 Å². The highest BCUT2D eigenvalue weighted by atomic mass is 15.3. The molecule has 1 aliphatic heterocycles. The van der Waals surface area contributed by atoms with Crippen molar-refractivity contribution < 1.29 is 0 Å². The zero-order chi connectivity index (χ0) is 14.8. The Kier molecular flexibility index (Phi) is 4.45. The van der Waals surface area contributed by atoms with Gasteiger partial charge >= 0.3 is 0 Å². The third-order valence-corrected chi connectivity index (χ3v) is 4.42. The SMILES string of the molecule is Cc1cc(CNC2CC2)cc(N2CCCC2CN(C)C)n1. The fourth-order valence-corrected chi connectivity index (χ4v) is 3.27. The standard InChI is InChI=1S/C17H28N4/c1-13-9-14(11-18-15-6-7-15)10-17(19-13)21-8-4-5-16(21)12-20(2)3/h9-10,15-16,18H,4-8,11-12H2,1-3H3. The van der Waals surface area contributed by atoms with Crippen LogP contribution in [0.5, 0.6) is 0 Å². The molecular weight excluding hydrogens is 260 g/mol. The smallest absolute Gasteiger partial charge is 0.129 e. The summed E-state index contributed by atoms with van der Waals surface area (Å²) in [6.07, 6.45) is 5.25. The average molecular weight is 288 g/mol. The van der Waals surface area contributed by atoms with E-state index in [0.717, 1.165) is 31.4 Å². The van der Waals surface area contributed by atoms with Crippen LogP contribution in [0, 0.1) is 6.92 Å². The predicted octanol–water partition coefficient (Wildman–Crippen LogP) is 2.17. The second-order valence-corrected chi connectivity index (χ2v) is 6.88. The highest BCUT2D eigenvalue weighted by molar-refractivity contribution is 5.45. The van der Waals surface area contributed by atoms with Crippen LogP contribution in [0.25, 0.3) is 0 Å². The third kappa shape index (κ3) is 3.95. The maximum Gasteiger partial charge on any atom is 0.129 e. The lowest BCUT2D eigenvalue weighted by Gasteiger charge is -2.28. The van der Waals surface area contributed by atoms with Gasteiger partial charge in [0, 0.05) is 37.4 Å². The molecule has 0 radical (unpaired) electrons. The molecule has 2 aliphatic rings. The Morgan fingerprint density at radius 1 is 1.29 bits per heavy atom. The molecule has 0 amide bonds. The van der Waals surface area contributed by atoms with E-state index in [2.05, 4.69) is 48.3 Å². The molecule has 0 aromatic carbocycles. The largest absolute Gasteiger partial charge is 0.352 e. The van der Waals surface area contributed by atoms with Crippen molar-refractivity contribution in [1.29, 1.82) is 0 Å². The molecule has 1 atom stereocenters. The summed E-state index contributed by atoms with van der Waals surface area (Å²) in [6.45, 7) is 5.35. The van der Waals surface area contributed by atoms with Gasteiger partial charge in [-0.2, -0.15) is 0 Å². The topological polar surface area (TPSA) is 31.4 Å². The summed E-state index contributed by atoms with van der Waals surface area (Å²) in [5.41, 5.74) is 2.51. The van der Waals surface area contributed by atoms with Gasteiger partial charge in [-0.05, 0) is 64.4 Å². The first kappa shape index (κ1) is 14.8. The quantitative estimate of drug-likeness (QED) is 0.869. The number of aryl methyl sites for hydroxylation is 1. The first-order chi connectivity index (χ1) is 10.1. The molecule has 1 saturated heterocycles. The number of nitrogens with zero attached hydrogens (tertiary/aromatic N) is 3. The van der Waals surface area contributed by atoms with Crippen molar-refractivity contribution in [3.63, 3.8) is 0 Å². The van der Waals surface area contributed by atoms with Gasteiger partial charge < -0.3 is 15.1 Å². The number of nitrogens with one attached hydrogen (secondary N) is 1. The summed E-state index contributed by atoms with van der Waals surface area (Å²) in [4.78, 5) is 9.59. The lowest BCUT2D eigenvalue weighted by atomic mass is 10.2. The molecular formula is C17H28N4. The zero-order valence-corrected chi connectivity index (χ0v) is 13.6. The van der Waals surface area contributed by atoms with Crippen LogP contribution in [-0.4, -0.2) is 49.2 Å². The van der Waals surface area contributed by atoms with Crippen LogP contribution in [0.15, 0.2) is 12.1 Å². The van der Waals surface area contributed by atoms with E-state index in [4.69, 9.17) is 4.98 Å². The first-order valence-corrected chi connectivity index (χ1v) is 8.24. The van der Waals surface area contributed by atoms with Gasteiger partial charge in [-0.3, -0.25) is 0 Å². The lowest BCUT2D eigenvalue weighted by Crippen LogP contribution is -2.38. The number of likely N-dealkylation sites (N-methyl/N-ethyl adjacent to an activating group) is 1. The highest BCUT2D eigenvalue weighted by Crippen LogP contribution is 2.26. The number of pyridine rings is 1. The van der Waals surface area contributed by atoms with Crippen LogP contribution in [0.2, 0.25) is 0 Å². The Morgan fingerprint density at radius 2 is 2.10 bits per heavy atom. The second-order valence-electron chi connectivity index (χ2n) is 6.88. The Morgan fingerprint density at radius 3 is 2.81 bits per heavy atom. The fourth-order valence-electron chi connectivity index (χ4n) is 3.27. The Bertz CT molecular complexity index is 482. The molecule has 1 unspecified atom stereocenters. The molecule has 1 aliphatic carbocycles. The van der Waals surface area contributed by atoms with Gasteiger partial charge in [0.1, 0.15) is 5.82 Å². The van der Waals surface area contributed by atoms with E-state index in [-0.39, 0.29) is 0 Å².